The summed E-state index contributed by atoms with van der Waals surface area (Å²) in [6.07, 6.45) is 0. The molecule has 0 amide bonds. The summed E-state index contributed by atoms with van der Waals surface area (Å²) >= 11 is 0. The number of phenols is 1. The summed E-state index contributed by atoms with van der Waals surface area (Å²) in [4.78, 5) is 10.7. The van der Waals surface area contributed by atoms with Crippen molar-refractivity contribution < 1.29 is 19.4 Å². The summed E-state index contributed by atoms with van der Waals surface area (Å²) in [7, 11) is 1.45. The number of aryl methyl sites for hydroxylation is 1. The largest absolute Gasteiger partial charge is 0.504 e. The lowest BCUT2D eigenvalue weighted by molar-refractivity contribution is -0.132. The molecule has 0 aliphatic carbocycles. The van der Waals surface area contributed by atoms with E-state index in [9.17, 15) is 9.90 Å². The van der Waals surface area contributed by atoms with Gasteiger partial charge in [-0.3, -0.25) is 4.79 Å². The van der Waals surface area contributed by atoms with E-state index in [0.717, 1.165) is 5.56 Å². The van der Waals surface area contributed by atoms with Crippen molar-refractivity contribution in [1.29, 1.82) is 0 Å². The monoisotopic (exact) mass is 196 g/mol. The fraction of sp³-hybridized carbons (Fsp3) is 0.300. The highest BCUT2D eigenvalue weighted by atomic mass is 16.6. The van der Waals surface area contributed by atoms with Gasteiger partial charge < -0.3 is 14.6 Å². The first-order valence-electron chi connectivity index (χ1n) is 4.10. The quantitative estimate of drug-likeness (QED) is 0.577. The molecule has 4 heteroatoms. The highest BCUT2D eigenvalue weighted by molar-refractivity contribution is 5.72. The van der Waals surface area contributed by atoms with Crippen molar-refractivity contribution in [3.05, 3.63) is 17.7 Å². The number of carbonyl (C=O) groups is 1. The van der Waals surface area contributed by atoms with Gasteiger partial charge in [-0.2, -0.15) is 0 Å². The van der Waals surface area contributed by atoms with Crippen LogP contribution < -0.4 is 9.47 Å². The molecule has 1 rings (SSSR count). The topological polar surface area (TPSA) is 55.8 Å². The number of methoxy groups -OCH3 is 1. The van der Waals surface area contributed by atoms with E-state index < -0.39 is 5.97 Å². The van der Waals surface area contributed by atoms with Gasteiger partial charge in [0, 0.05) is 6.92 Å². The van der Waals surface area contributed by atoms with Gasteiger partial charge in [0.05, 0.1) is 7.11 Å². The summed E-state index contributed by atoms with van der Waals surface area (Å²) in [5.41, 5.74) is 0.829. The van der Waals surface area contributed by atoms with Gasteiger partial charge in [-0.05, 0) is 24.6 Å². The Labute approximate surface area is 82.1 Å². The van der Waals surface area contributed by atoms with Crippen LogP contribution in [-0.4, -0.2) is 18.2 Å². The average Bonchev–Trinajstić information content (AvgIpc) is 2.08. The second-order valence-corrected chi connectivity index (χ2v) is 2.91. The molecule has 76 valence electrons. The van der Waals surface area contributed by atoms with Crippen LogP contribution in [-0.2, 0) is 4.79 Å². The average molecular weight is 196 g/mol. The van der Waals surface area contributed by atoms with Gasteiger partial charge in [0.25, 0.3) is 0 Å². The number of ether oxygens (including phenoxy) is 2. The molecule has 0 aliphatic heterocycles. The van der Waals surface area contributed by atoms with Crippen LogP contribution in [0.5, 0.6) is 17.2 Å². The first-order valence-corrected chi connectivity index (χ1v) is 4.10. The van der Waals surface area contributed by atoms with E-state index in [-0.39, 0.29) is 11.5 Å². The Morgan fingerprint density at radius 3 is 2.57 bits per heavy atom. The zero-order valence-electron chi connectivity index (χ0n) is 8.33. The van der Waals surface area contributed by atoms with Crippen LogP contribution in [0, 0.1) is 6.92 Å². The van der Waals surface area contributed by atoms with Crippen molar-refractivity contribution in [3.8, 4) is 17.2 Å². The molecule has 1 N–H and O–H groups in total. The normalized spacial score (nSPS) is 9.64. The molecule has 0 aromatic heterocycles. The van der Waals surface area contributed by atoms with Gasteiger partial charge >= 0.3 is 5.97 Å². The highest BCUT2D eigenvalue weighted by Gasteiger charge is 2.13. The number of hydrogen-bond donors (Lipinski definition) is 1. The van der Waals surface area contributed by atoms with E-state index in [1.54, 1.807) is 13.0 Å². The highest BCUT2D eigenvalue weighted by Crippen LogP contribution is 2.37. The third-order valence-electron chi connectivity index (χ3n) is 1.65. The zero-order valence-corrected chi connectivity index (χ0v) is 8.33. The molecule has 1 aromatic rings. The van der Waals surface area contributed by atoms with Crippen molar-refractivity contribution in [2.45, 2.75) is 13.8 Å². The van der Waals surface area contributed by atoms with Crippen molar-refractivity contribution >= 4 is 5.97 Å². The SMILES string of the molecule is COc1cc(C)cc(O)c1OC(C)=O. The minimum Gasteiger partial charge on any atom is -0.504 e. The predicted molar refractivity (Wildman–Crippen MR) is 50.7 cm³/mol. The number of esters is 1. The maximum atomic E-state index is 10.7. The van der Waals surface area contributed by atoms with Crippen molar-refractivity contribution in [1.82, 2.24) is 0 Å². The maximum absolute atomic E-state index is 10.7. The lowest BCUT2D eigenvalue weighted by Gasteiger charge is -2.10. The zero-order chi connectivity index (χ0) is 10.7. The van der Waals surface area contributed by atoms with Crippen LogP contribution in [0.25, 0.3) is 0 Å². The second kappa shape index (κ2) is 4.00. The number of aromatic hydroxyl groups is 1. The molecule has 0 aliphatic rings. The van der Waals surface area contributed by atoms with Gasteiger partial charge in [-0.25, -0.2) is 0 Å². The van der Waals surface area contributed by atoms with Gasteiger partial charge in [0.15, 0.2) is 11.5 Å². The van der Waals surface area contributed by atoms with Gasteiger partial charge in [-0.15, -0.1) is 0 Å². The molecule has 0 bridgehead atoms. The van der Waals surface area contributed by atoms with Crippen LogP contribution in [0.15, 0.2) is 12.1 Å². The van der Waals surface area contributed by atoms with Crippen LogP contribution >= 0.6 is 0 Å². The van der Waals surface area contributed by atoms with E-state index in [1.165, 1.54) is 20.1 Å². The standard InChI is InChI=1S/C10H12O4/c1-6-4-8(12)10(14-7(2)11)9(5-6)13-3/h4-5,12H,1-3H3. The summed E-state index contributed by atoms with van der Waals surface area (Å²) in [5.74, 6) is -0.192. The Hall–Kier alpha value is -1.71. The molecule has 1 aromatic carbocycles. The molecule has 0 heterocycles. The van der Waals surface area contributed by atoms with Gasteiger partial charge in [0.1, 0.15) is 0 Å². The molecule has 0 saturated heterocycles. The fourth-order valence-corrected chi connectivity index (χ4v) is 1.12. The van der Waals surface area contributed by atoms with Crippen molar-refractivity contribution in [3.63, 3.8) is 0 Å². The number of rotatable bonds is 2. The van der Waals surface area contributed by atoms with Gasteiger partial charge in [-0.1, -0.05) is 0 Å². The van der Waals surface area contributed by atoms with Crippen LogP contribution in [0.3, 0.4) is 0 Å². The summed E-state index contributed by atoms with van der Waals surface area (Å²) in [6, 6.07) is 3.18. The molecule has 0 saturated carbocycles. The lowest BCUT2D eigenvalue weighted by Crippen LogP contribution is -2.03. The third-order valence-corrected chi connectivity index (χ3v) is 1.65. The molecular weight excluding hydrogens is 184 g/mol. The number of carbonyl (C=O) groups excluding carboxylic acids is 1. The Morgan fingerprint density at radius 2 is 2.07 bits per heavy atom. The molecule has 0 unspecified atom stereocenters. The molecular formula is C10H12O4. The first kappa shape index (κ1) is 10.4. The molecule has 0 fully saturated rings. The Morgan fingerprint density at radius 1 is 1.43 bits per heavy atom. The molecule has 0 spiro atoms. The fourth-order valence-electron chi connectivity index (χ4n) is 1.12. The number of benzene rings is 1. The van der Waals surface area contributed by atoms with E-state index >= 15 is 0 Å². The first-order chi connectivity index (χ1) is 6.54. The molecule has 0 atom stereocenters. The second-order valence-electron chi connectivity index (χ2n) is 2.91. The van der Waals surface area contributed by atoms with E-state index in [2.05, 4.69) is 0 Å². The minimum atomic E-state index is -0.498. The molecule has 0 radical (unpaired) electrons. The van der Waals surface area contributed by atoms with Crippen LogP contribution in [0.2, 0.25) is 0 Å². The summed E-state index contributed by atoms with van der Waals surface area (Å²) in [5, 5.41) is 9.49. The predicted octanol–water partition coefficient (Wildman–Crippen LogP) is 1.63. The Balaban J connectivity index is 3.18. The molecule has 14 heavy (non-hydrogen) atoms. The Kier molecular flexibility index (Phi) is 2.96. The van der Waals surface area contributed by atoms with Crippen molar-refractivity contribution in [2.24, 2.45) is 0 Å². The van der Waals surface area contributed by atoms with Crippen molar-refractivity contribution in [2.75, 3.05) is 7.11 Å². The van der Waals surface area contributed by atoms with E-state index in [4.69, 9.17) is 9.47 Å². The number of hydrogen-bond acceptors (Lipinski definition) is 4. The van der Waals surface area contributed by atoms with E-state index in [0.29, 0.717) is 5.75 Å². The lowest BCUT2D eigenvalue weighted by atomic mass is 10.2. The molecule has 4 nitrogen and oxygen atoms in total. The number of phenolic OH excluding ortho intramolecular Hbond substituents is 1. The summed E-state index contributed by atoms with van der Waals surface area (Å²) in [6.45, 7) is 3.07. The smallest absolute Gasteiger partial charge is 0.308 e. The maximum Gasteiger partial charge on any atom is 0.308 e. The van der Waals surface area contributed by atoms with E-state index in [1.807, 2.05) is 0 Å². The van der Waals surface area contributed by atoms with Crippen LogP contribution in [0.1, 0.15) is 12.5 Å². The van der Waals surface area contributed by atoms with Gasteiger partial charge in [0.2, 0.25) is 5.75 Å². The Bertz CT molecular complexity index is 357. The summed E-state index contributed by atoms with van der Waals surface area (Å²) < 4.78 is 9.78. The minimum absolute atomic E-state index is 0.0607. The third kappa shape index (κ3) is 2.16. The van der Waals surface area contributed by atoms with Crippen LogP contribution in [0.4, 0.5) is 0 Å².